The smallest absolute Gasteiger partial charge is 0.230 e. The molecule has 37 heavy (non-hydrogen) atoms. The van der Waals surface area contributed by atoms with E-state index in [0.717, 1.165) is 27.8 Å². The maximum atomic E-state index is 13.8. The number of methoxy groups -OCH3 is 1. The molecule has 2 N–H and O–H groups in total. The largest absolute Gasteiger partial charge is 0.497 e. The molecule has 0 spiro atoms. The van der Waals surface area contributed by atoms with E-state index in [4.69, 9.17) is 10.5 Å². The van der Waals surface area contributed by atoms with Crippen molar-refractivity contribution in [2.45, 2.75) is 25.8 Å². The lowest BCUT2D eigenvalue weighted by atomic mass is 9.75. The number of ether oxygens (including phenoxy) is 1. The molecule has 3 aromatic carbocycles. The lowest BCUT2D eigenvalue weighted by molar-refractivity contribution is -0.126. The second-order valence-corrected chi connectivity index (χ2v) is 10.0. The van der Waals surface area contributed by atoms with Crippen LogP contribution in [0.5, 0.6) is 5.75 Å². The Kier molecular flexibility index (Phi) is 5.29. The molecular formula is C29H27FN4O3. The van der Waals surface area contributed by atoms with Crippen LogP contribution in [0.4, 0.5) is 10.1 Å². The van der Waals surface area contributed by atoms with Gasteiger partial charge in [0.15, 0.2) is 0 Å². The maximum Gasteiger partial charge on any atom is 0.230 e. The van der Waals surface area contributed by atoms with Gasteiger partial charge in [0, 0.05) is 22.9 Å². The Labute approximate surface area is 213 Å². The van der Waals surface area contributed by atoms with Crippen LogP contribution in [0.15, 0.2) is 72.9 Å². The number of amides is 2. The van der Waals surface area contributed by atoms with Gasteiger partial charge in [-0.25, -0.2) is 9.07 Å². The Morgan fingerprint density at radius 3 is 2.49 bits per heavy atom. The maximum absolute atomic E-state index is 13.8. The molecule has 8 heteroatoms. The molecule has 0 bridgehead atoms. The molecule has 1 aliphatic carbocycles. The Hall–Kier alpha value is -4.20. The predicted molar refractivity (Wildman–Crippen MR) is 138 cm³/mol. The predicted octanol–water partition coefficient (Wildman–Crippen LogP) is 4.78. The molecule has 1 saturated heterocycles. The molecule has 3 atom stereocenters. The highest BCUT2D eigenvalue weighted by atomic mass is 19.1. The third-order valence-corrected chi connectivity index (χ3v) is 8.04. The van der Waals surface area contributed by atoms with Gasteiger partial charge in [-0.2, -0.15) is 5.10 Å². The summed E-state index contributed by atoms with van der Waals surface area (Å²) in [4.78, 5) is 28.3. The number of hydrogen-bond acceptors (Lipinski definition) is 4. The molecule has 2 heterocycles. The van der Waals surface area contributed by atoms with Crippen LogP contribution >= 0.6 is 0 Å². The highest BCUT2D eigenvalue weighted by Crippen LogP contribution is 2.62. The van der Waals surface area contributed by atoms with Gasteiger partial charge in [-0.3, -0.25) is 9.59 Å². The minimum absolute atomic E-state index is 0.0457. The van der Waals surface area contributed by atoms with E-state index in [-0.39, 0.29) is 35.5 Å². The fourth-order valence-electron chi connectivity index (χ4n) is 6.03. The van der Waals surface area contributed by atoms with Gasteiger partial charge in [0.2, 0.25) is 11.8 Å². The summed E-state index contributed by atoms with van der Waals surface area (Å²) >= 11 is 0. The number of anilines is 1. The average molecular weight is 499 g/mol. The Morgan fingerprint density at radius 2 is 1.81 bits per heavy atom. The molecule has 188 valence electrons. The van der Waals surface area contributed by atoms with Gasteiger partial charge in [0.1, 0.15) is 11.6 Å². The number of nitrogens with two attached hydrogens (primary N) is 1. The summed E-state index contributed by atoms with van der Waals surface area (Å²) in [5.41, 5.74) is 8.41. The second kappa shape index (κ2) is 8.44. The van der Waals surface area contributed by atoms with E-state index < -0.39 is 5.41 Å². The van der Waals surface area contributed by atoms with Crippen molar-refractivity contribution in [1.82, 2.24) is 9.78 Å². The van der Waals surface area contributed by atoms with Crippen LogP contribution < -0.4 is 15.4 Å². The van der Waals surface area contributed by atoms with Crippen LogP contribution in [-0.2, 0) is 9.59 Å². The second-order valence-electron chi connectivity index (χ2n) is 10.0. The van der Waals surface area contributed by atoms with Gasteiger partial charge in [-0.15, -0.1) is 0 Å². The number of halogens is 1. The first kappa shape index (κ1) is 23.2. The first-order valence-electron chi connectivity index (χ1n) is 12.3. The van der Waals surface area contributed by atoms with Crippen molar-refractivity contribution in [3.63, 3.8) is 0 Å². The molecular weight excluding hydrogens is 471 g/mol. The zero-order valence-electron chi connectivity index (χ0n) is 20.6. The number of aromatic nitrogens is 2. The van der Waals surface area contributed by atoms with Gasteiger partial charge in [0.25, 0.3) is 0 Å². The van der Waals surface area contributed by atoms with Crippen molar-refractivity contribution in [2.24, 2.45) is 23.0 Å². The molecule has 0 radical (unpaired) electrons. The lowest BCUT2D eigenvalue weighted by Crippen LogP contribution is -2.37. The summed E-state index contributed by atoms with van der Waals surface area (Å²) in [6.45, 7) is 1.90. The number of carbonyl (C=O) groups is 2. The summed E-state index contributed by atoms with van der Waals surface area (Å²) < 4.78 is 20.6. The number of rotatable bonds is 6. The zero-order valence-corrected chi connectivity index (χ0v) is 20.6. The fraction of sp³-hybridized carbons (Fsp3) is 0.276. The molecule has 2 amide bonds. The molecule has 4 aromatic rings. The van der Waals surface area contributed by atoms with E-state index in [9.17, 15) is 14.0 Å². The number of benzene rings is 3. The average Bonchev–Trinajstić information content (AvgIpc) is 3.54. The number of primary amides is 1. The Morgan fingerprint density at radius 1 is 1.08 bits per heavy atom. The van der Waals surface area contributed by atoms with Crippen molar-refractivity contribution in [3.8, 4) is 11.4 Å². The van der Waals surface area contributed by atoms with Crippen LogP contribution in [0.25, 0.3) is 16.6 Å². The van der Waals surface area contributed by atoms with Crippen molar-refractivity contribution in [2.75, 3.05) is 12.0 Å². The van der Waals surface area contributed by atoms with Crippen LogP contribution in [0.3, 0.4) is 0 Å². The zero-order chi connectivity index (χ0) is 25.9. The Bertz CT molecular complexity index is 1530. The normalized spacial score (nSPS) is 22.4. The molecule has 6 rings (SSSR count). The van der Waals surface area contributed by atoms with Crippen molar-refractivity contribution < 1.29 is 18.7 Å². The van der Waals surface area contributed by atoms with Crippen molar-refractivity contribution in [1.29, 1.82) is 0 Å². The molecule has 3 unspecified atom stereocenters. The van der Waals surface area contributed by atoms with Crippen molar-refractivity contribution >= 4 is 28.4 Å². The first-order valence-corrected chi connectivity index (χ1v) is 12.3. The molecule has 2 fully saturated rings. The van der Waals surface area contributed by atoms with E-state index in [2.05, 4.69) is 5.10 Å². The monoisotopic (exact) mass is 498 g/mol. The highest BCUT2D eigenvalue weighted by Gasteiger charge is 2.64. The van der Waals surface area contributed by atoms with Gasteiger partial charge >= 0.3 is 0 Å². The highest BCUT2D eigenvalue weighted by molar-refractivity contribution is 6.01. The number of nitrogens with zero attached hydrogens (tertiary/aromatic N) is 3. The van der Waals surface area contributed by atoms with E-state index in [1.165, 1.54) is 12.1 Å². The summed E-state index contributed by atoms with van der Waals surface area (Å²) in [5, 5.41) is 5.34. The van der Waals surface area contributed by atoms with E-state index in [0.29, 0.717) is 18.6 Å². The van der Waals surface area contributed by atoms with Crippen LogP contribution in [-0.4, -0.2) is 28.7 Å². The standard InChI is InChI=1S/C29H27FN4O3/c1-17-25(29(12-13-29)28(31)36)26(18-4-3-5-23(15-18)37-2)33(27(17)35)22-10-11-24-19(14-22)16-32-34(24)21-8-6-20(30)7-9-21/h3-11,14-17,25-26H,12-13H2,1-2H3,(H2,31,36). The van der Waals surface area contributed by atoms with Crippen molar-refractivity contribution in [3.05, 3.63) is 84.3 Å². The Balaban J connectivity index is 1.47. The fourth-order valence-corrected chi connectivity index (χ4v) is 6.03. The third-order valence-electron chi connectivity index (χ3n) is 8.04. The van der Waals surface area contributed by atoms with Gasteiger partial charge in [-0.1, -0.05) is 19.1 Å². The molecule has 7 nitrogen and oxygen atoms in total. The number of hydrogen-bond donors (Lipinski definition) is 1. The number of carbonyl (C=O) groups excluding carboxylic acids is 2. The van der Waals surface area contributed by atoms with Crippen LogP contribution in [0, 0.1) is 23.1 Å². The topological polar surface area (TPSA) is 90.4 Å². The van der Waals surface area contributed by atoms with Crippen LogP contribution in [0.2, 0.25) is 0 Å². The third kappa shape index (κ3) is 3.58. The summed E-state index contributed by atoms with van der Waals surface area (Å²) in [6, 6.07) is 19.2. The summed E-state index contributed by atoms with van der Waals surface area (Å²) in [6.07, 6.45) is 3.10. The van der Waals surface area contributed by atoms with E-state index in [1.54, 1.807) is 30.1 Å². The molecule has 1 aliphatic heterocycles. The van der Waals surface area contributed by atoms with E-state index in [1.807, 2.05) is 54.3 Å². The van der Waals surface area contributed by atoms with Gasteiger partial charge in [0.05, 0.1) is 36.0 Å². The van der Waals surface area contributed by atoms with E-state index >= 15 is 0 Å². The van der Waals surface area contributed by atoms with Gasteiger partial charge in [-0.05, 0) is 73.0 Å². The lowest BCUT2D eigenvalue weighted by Gasteiger charge is -2.32. The quantitative estimate of drug-likeness (QED) is 0.414. The molecule has 1 aromatic heterocycles. The minimum atomic E-state index is -0.699. The molecule has 1 saturated carbocycles. The summed E-state index contributed by atoms with van der Waals surface area (Å²) in [7, 11) is 1.61. The first-order chi connectivity index (χ1) is 17.8. The van der Waals surface area contributed by atoms with Gasteiger partial charge < -0.3 is 15.4 Å². The van der Waals surface area contributed by atoms with Crippen LogP contribution in [0.1, 0.15) is 31.4 Å². The summed E-state index contributed by atoms with van der Waals surface area (Å²) in [5.74, 6) is -0.667. The SMILES string of the molecule is COc1cccc(C2C(C3(C(N)=O)CC3)C(C)C(=O)N2c2ccc3c(cnn3-c3ccc(F)cc3)c2)c1. The minimum Gasteiger partial charge on any atom is -0.497 e. The number of fused-ring (bicyclic) bond motifs is 1. The molecule has 2 aliphatic rings.